The van der Waals surface area contributed by atoms with Gasteiger partial charge in [-0.05, 0) is 49.1 Å². The monoisotopic (exact) mass is 421 g/mol. The number of amides is 2. The number of benzene rings is 2. The summed E-state index contributed by atoms with van der Waals surface area (Å²) in [5, 5.41) is 3.37. The summed E-state index contributed by atoms with van der Waals surface area (Å²) >= 11 is 5.84. The molecule has 0 atom stereocenters. The van der Waals surface area contributed by atoms with Gasteiger partial charge in [-0.1, -0.05) is 41.9 Å². The van der Waals surface area contributed by atoms with Crippen LogP contribution in [0.4, 0.5) is 4.79 Å². The van der Waals surface area contributed by atoms with Crippen LogP contribution in [-0.2, 0) is 16.4 Å². The summed E-state index contributed by atoms with van der Waals surface area (Å²) in [5.41, 5.74) is 1.23. The summed E-state index contributed by atoms with van der Waals surface area (Å²) in [4.78, 5) is 14.2. The second-order valence-electron chi connectivity index (χ2n) is 6.71. The summed E-state index contributed by atoms with van der Waals surface area (Å²) in [6.45, 7) is 1.53. The van der Waals surface area contributed by atoms with Crippen molar-refractivity contribution in [2.45, 2.75) is 24.2 Å². The molecule has 1 heterocycles. The lowest BCUT2D eigenvalue weighted by atomic mass is 10.1. The minimum Gasteiger partial charge on any atom is -0.338 e. The fourth-order valence-electron chi connectivity index (χ4n) is 3.13. The zero-order valence-corrected chi connectivity index (χ0v) is 17.1. The Labute approximate surface area is 171 Å². The molecule has 1 aliphatic heterocycles. The number of hydrogen-bond acceptors (Lipinski definition) is 3. The van der Waals surface area contributed by atoms with Gasteiger partial charge in [-0.2, -0.15) is 4.31 Å². The fraction of sp³-hybridized carbons (Fsp3) is 0.350. The average molecular weight is 422 g/mol. The first-order valence-electron chi connectivity index (χ1n) is 9.29. The molecule has 2 aromatic rings. The van der Waals surface area contributed by atoms with Crippen LogP contribution in [0.25, 0.3) is 0 Å². The number of nitrogens with zero attached hydrogens (tertiary/aromatic N) is 2. The van der Waals surface area contributed by atoms with Crippen molar-refractivity contribution in [3.8, 4) is 0 Å². The third-order valence-corrected chi connectivity index (χ3v) is 6.76. The highest BCUT2D eigenvalue weighted by atomic mass is 35.5. The van der Waals surface area contributed by atoms with Gasteiger partial charge in [0, 0.05) is 24.7 Å². The van der Waals surface area contributed by atoms with Crippen molar-refractivity contribution < 1.29 is 13.2 Å². The first-order chi connectivity index (χ1) is 13.5. The van der Waals surface area contributed by atoms with E-state index in [4.69, 9.17) is 11.6 Å². The fourth-order valence-corrected chi connectivity index (χ4v) is 4.70. The van der Waals surface area contributed by atoms with Crippen LogP contribution >= 0.6 is 11.6 Å². The van der Waals surface area contributed by atoms with Gasteiger partial charge in [-0.25, -0.2) is 13.2 Å². The van der Waals surface area contributed by atoms with Crippen LogP contribution < -0.4 is 5.32 Å². The smallest absolute Gasteiger partial charge is 0.318 e. The average Bonchev–Trinajstić information content (AvgIpc) is 2.72. The van der Waals surface area contributed by atoms with E-state index in [9.17, 15) is 13.2 Å². The lowest BCUT2D eigenvalue weighted by Gasteiger charge is -2.34. The van der Waals surface area contributed by atoms with E-state index >= 15 is 0 Å². The van der Waals surface area contributed by atoms with Crippen LogP contribution in [0.5, 0.6) is 0 Å². The first kappa shape index (κ1) is 20.6. The third kappa shape index (κ3) is 5.25. The van der Waals surface area contributed by atoms with Crippen molar-refractivity contribution in [3.05, 3.63) is 65.2 Å². The lowest BCUT2D eigenvalue weighted by Crippen LogP contribution is -2.52. The molecule has 1 N–H and O–H groups in total. The summed E-state index contributed by atoms with van der Waals surface area (Å²) in [6, 6.07) is 15.9. The number of halogens is 1. The summed E-state index contributed by atoms with van der Waals surface area (Å²) < 4.78 is 27.0. The van der Waals surface area contributed by atoms with E-state index in [2.05, 4.69) is 17.4 Å². The highest BCUT2D eigenvalue weighted by Crippen LogP contribution is 2.21. The van der Waals surface area contributed by atoms with Crippen molar-refractivity contribution in [3.63, 3.8) is 0 Å². The highest BCUT2D eigenvalue weighted by Gasteiger charge is 2.30. The Hall–Kier alpha value is -2.09. The standard InChI is InChI=1S/C20H24ClN3O3S/c21-18-9-11-19(12-10-18)28(26,27)24-15-5-14-23(16-24)20(25)22-13-4-8-17-6-2-1-3-7-17/h1-3,6-7,9-12H,4-5,8,13-16H2,(H,22,25). The maximum Gasteiger partial charge on any atom is 0.318 e. The molecule has 0 aliphatic carbocycles. The second kappa shape index (κ2) is 9.41. The van der Waals surface area contributed by atoms with Crippen LogP contribution in [0, 0.1) is 0 Å². The van der Waals surface area contributed by atoms with Crippen molar-refractivity contribution in [1.82, 2.24) is 14.5 Å². The second-order valence-corrected chi connectivity index (χ2v) is 9.09. The number of urea groups is 1. The van der Waals surface area contributed by atoms with E-state index in [0.717, 1.165) is 12.8 Å². The topological polar surface area (TPSA) is 69.7 Å². The number of hydrogen-bond donors (Lipinski definition) is 1. The number of nitrogens with one attached hydrogen (secondary N) is 1. The Bertz CT molecular complexity index is 889. The molecule has 0 saturated carbocycles. The molecule has 0 unspecified atom stereocenters. The van der Waals surface area contributed by atoms with Crippen LogP contribution in [0.1, 0.15) is 18.4 Å². The maximum absolute atomic E-state index is 12.8. The molecule has 2 aromatic carbocycles. The Morgan fingerprint density at radius 2 is 1.75 bits per heavy atom. The number of carbonyl (C=O) groups is 1. The van der Waals surface area contributed by atoms with E-state index in [1.165, 1.54) is 22.0 Å². The molecular weight excluding hydrogens is 398 g/mol. The number of aryl methyl sites for hydroxylation is 1. The molecule has 150 valence electrons. The summed E-state index contributed by atoms with van der Waals surface area (Å²) in [6.07, 6.45) is 2.32. The Morgan fingerprint density at radius 1 is 1.04 bits per heavy atom. The van der Waals surface area contributed by atoms with E-state index in [1.54, 1.807) is 17.0 Å². The SMILES string of the molecule is O=C(NCCCc1ccccc1)N1CCCN(S(=O)(=O)c2ccc(Cl)cc2)C1. The molecule has 0 aromatic heterocycles. The minimum absolute atomic E-state index is 0.0511. The summed E-state index contributed by atoms with van der Waals surface area (Å²) in [5.74, 6) is 0. The predicted molar refractivity (Wildman–Crippen MR) is 110 cm³/mol. The van der Waals surface area contributed by atoms with Gasteiger partial charge in [0.1, 0.15) is 0 Å². The predicted octanol–water partition coefficient (Wildman–Crippen LogP) is 3.34. The zero-order chi connectivity index (χ0) is 20.0. The van der Waals surface area contributed by atoms with Gasteiger partial charge in [0.2, 0.25) is 10.0 Å². The van der Waals surface area contributed by atoms with E-state index in [0.29, 0.717) is 31.1 Å². The first-order valence-corrected chi connectivity index (χ1v) is 11.1. The number of rotatable bonds is 6. The van der Waals surface area contributed by atoms with Crippen molar-refractivity contribution in [1.29, 1.82) is 0 Å². The zero-order valence-electron chi connectivity index (χ0n) is 15.6. The maximum atomic E-state index is 12.8. The summed E-state index contributed by atoms with van der Waals surface area (Å²) in [7, 11) is -3.65. The normalized spacial score (nSPS) is 15.4. The molecule has 1 fully saturated rings. The largest absolute Gasteiger partial charge is 0.338 e. The van der Waals surface area contributed by atoms with Gasteiger partial charge in [0.05, 0.1) is 11.6 Å². The van der Waals surface area contributed by atoms with Gasteiger partial charge in [-0.3, -0.25) is 0 Å². The van der Waals surface area contributed by atoms with Crippen LogP contribution in [0.3, 0.4) is 0 Å². The Morgan fingerprint density at radius 3 is 2.46 bits per heavy atom. The van der Waals surface area contributed by atoms with Gasteiger partial charge < -0.3 is 10.2 Å². The Balaban J connectivity index is 1.52. The molecule has 1 saturated heterocycles. The van der Waals surface area contributed by atoms with E-state index in [1.807, 2.05) is 18.2 Å². The minimum atomic E-state index is -3.65. The molecular formula is C20H24ClN3O3S. The molecule has 2 amide bonds. The van der Waals surface area contributed by atoms with Gasteiger partial charge in [0.25, 0.3) is 0 Å². The molecule has 0 spiro atoms. The van der Waals surface area contributed by atoms with Gasteiger partial charge in [0.15, 0.2) is 0 Å². The molecule has 6 nitrogen and oxygen atoms in total. The van der Waals surface area contributed by atoms with Crippen molar-refractivity contribution in [2.24, 2.45) is 0 Å². The molecule has 3 rings (SSSR count). The molecule has 28 heavy (non-hydrogen) atoms. The number of sulfonamides is 1. The molecule has 0 bridgehead atoms. The van der Waals surface area contributed by atoms with E-state index in [-0.39, 0.29) is 17.6 Å². The number of carbonyl (C=O) groups excluding carboxylic acids is 1. The molecule has 8 heteroatoms. The van der Waals surface area contributed by atoms with Crippen molar-refractivity contribution in [2.75, 3.05) is 26.3 Å². The van der Waals surface area contributed by atoms with Crippen LogP contribution in [-0.4, -0.2) is 50.0 Å². The van der Waals surface area contributed by atoms with E-state index < -0.39 is 10.0 Å². The van der Waals surface area contributed by atoms with Crippen molar-refractivity contribution >= 4 is 27.7 Å². The highest BCUT2D eigenvalue weighted by molar-refractivity contribution is 7.89. The molecule has 1 aliphatic rings. The van der Waals surface area contributed by atoms with Gasteiger partial charge in [-0.15, -0.1) is 0 Å². The lowest BCUT2D eigenvalue weighted by molar-refractivity contribution is 0.150. The quantitative estimate of drug-likeness (QED) is 0.727. The van der Waals surface area contributed by atoms with Crippen LogP contribution in [0.15, 0.2) is 59.5 Å². The Kier molecular flexibility index (Phi) is 6.93. The van der Waals surface area contributed by atoms with Gasteiger partial charge >= 0.3 is 6.03 Å². The molecule has 0 radical (unpaired) electrons. The third-order valence-electron chi connectivity index (χ3n) is 4.66. The van der Waals surface area contributed by atoms with Crippen LogP contribution in [0.2, 0.25) is 5.02 Å².